The molecule has 0 aliphatic heterocycles. The van der Waals surface area contributed by atoms with E-state index in [4.69, 9.17) is 0 Å². The molecule has 0 atom stereocenters. The number of benzene rings is 3. The third kappa shape index (κ3) is 4.45. The van der Waals surface area contributed by atoms with E-state index in [0.717, 1.165) is 18.4 Å². The first-order valence-electron chi connectivity index (χ1n) is 8.67. The average molecular weight is 343 g/mol. The van der Waals surface area contributed by atoms with Gasteiger partial charge in [0.15, 0.2) is 5.78 Å². The van der Waals surface area contributed by atoms with Crippen molar-refractivity contribution in [2.45, 2.75) is 19.8 Å². The molecule has 1 N–H and O–H groups in total. The van der Waals surface area contributed by atoms with Crippen molar-refractivity contribution < 1.29 is 9.59 Å². The lowest BCUT2D eigenvalue weighted by molar-refractivity contribution is 0.101. The zero-order valence-corrected chi connectivity index (χ0v) is 14.7. The third-order valence-corrected chi connectivity index (χ3v) is 4.34. The van der Waals surface area contributed by atoms with Crippen molar-refractivity contribution >= 4 is 17.4 Å². The summed E-state index contributed by atoms with van der Waals surface area (Å²) in [5.74, 6) is -0.127. The van der Waals surface area contributed by atoms with Crippen LogP contribution in [-0.2, 0) is 12.8 Å². The summed E-state index contributed by atoms with van der Waals surface area (Å²) in [6.07, 6.45) is 1.69. The van der Waals surface area contributed by atoms with Crippen molar-refractivity contribution in [2.24, 2.45) is 0 Å². The highest BCUT2D eigenvalue weighted by atomic mass is 16.1. The number of nitrogens with one attached hydrogen (secondary N) is 1. The van der Waals surface area contributed by atoms with Crippen molar-refractivity contribution in [3.8, 4) is 0 Å². The van der Waals surface area contributed by atoms with E-state index >= 15 is 0 Å². The quantitative estimate of drug-likeness (QED) is 0.645. The van der Waals surface area contributed by atoms with Crippen LogP contribution in [0.3, 0.4) is 0 Å². The van der Waals surface area contributed by atoms with E-state index in [1.54, 1.807) is 24.3 Å². The van der Waals surface area contributed by atoms with E-state index in [2.05, 4.69) is 17.4 Å². The van der Waals surface area contributed by atoms with Crippen LogP contribution >= 0.6 is 0 Å². The molecule has 26 heavy (non-hydrogen) atoms. The number of hydrogen-bond acceptors (Lipinski definition) is 2. The van der Waals surface area contributed by atoms with E-state index in [0.29, 0.717) is 16.8 Å². The zero-order valence-electron chi connectivity index (χ0n) is 14.7. The smallest absolute Gasteiger partial charge is 0.255 e. The van der Waals surface area contributed by atoms with Gasteiger partial charge in [-0.25, -0.2) is 0 Å². The van der Waals surface area contributed by atoms with Gasteiger partial charge in [0.2, 0.25) is 0 Å². The Kier molecular flexibility index (Phi) is 5.59. The molecule has 3 aromatic carbocycles. The Hall–Kier alpha value is -3.20. The molecule has 3 aromatic rings. The van der Waals surface area contributed by atoms with Crippen LogP contribution in [0.1, 0.15) is 38.8 Å². The first-order valence-corrected chi connectivity index (χ1v) is 8.67. The molecule has 3 nitrogen and oxygen atoms in total. The van der Waals surface area contributed by atoms with Crippen LogP contribution in [0.4, 0.5) is 5.69 Å². The molecule has 3 heteroatoms. The minimum atomic E-state index is -0.135. The number of amides is 1. The summed E-state index contributed by atoms with van der Waals surface area (Å²) in [4.78, 5) is 24.0. The summed E-state index contributed by atoms with van der Waals surface area (Å²) >= 11 is 0. The van der Waals surface area contributed by atoms with Gasteiger partial charge in [-0.1, -0.05) is 48.5 Å². The average Bonchev–Trinajstić information content (AvgIpc) is 2.68. The first kappa shape index (κ1) is 17.6. The second kappa shape index (κ2) is 8.26. The zero-order chi connectivity index (χ0) is 18.4. The monoisotopic (exact) mass is 343 g/mol. The van der Waals surface area contributed by atoms with Crippen molar-refractivity contribution in [3.63, 3.8) is 0 Å². The van der Waals surface area contributed by atoms with Gasteiger partial charge in [0.25, 0.3) is 5.91 Å². The maximum Gasteiger partial charge on any atom is 0.255 e. The predicted molar refractivity (Wildman–Crippen MR) is 105 cm³/mol. The molecule has 0 unspecified atom stereocenters. The Morgan fingerprint density at radius 3 is 2.12 bits per heavy atom. The lowest BCUT2D eigenvalue weighted by Gasteiger charge is -2.11. The summed E-state index contributed by atoms with van der Waals surface area (Å²) in [5.41, 5.74) is 4.26. The Bertz CT molecular complexity index is 899. The number of hydrogen-bond donors (Lipinski definition) is 1. The molecular weight excluding hydrogens is 322 g/mol. The van der Waals surface area contributed by atoms with Gasteiger partial charge in [-0.3, -0.25) is 9.59 Å². The Balaban J connectivity index is 1.72. The fraction of sp³-hybridized carbons (Fsp3) is 0.130. The van der Waals surface area contributed by atoms with Gasteiger partial charge in [-0.05, 0) is 61.2 Å². The van der Waals surface area contributed by atoms with E-state index in [1.807, 2.05) is 42.5 Å². The van der Waals surface area contributed by atoms with Crippen LogP contribution in [0.2, 0.25) is 0 Å². The van der Waals surface area contributed by atoms with Gasteiger partial charge in [-0.2, -0.15) is 0 Å². The number of carbonyl (C=O) groups excluding carboxylic acids is 2. The molecule has 0 aromatic heterocycles. The fourth-order valence-electron chi connectivity index (χ4n) is 2.87. The molecule has 0 saturated carbocycles. The minimum Gasteiger partial charge on any atom is -0.322 e. The molecule has 3 rings (SSSR count). The molecule has 130 valence electrons. The molecular formula is C23H21NO2. The van der Waals surface area contributed by atoms with Crippen LogP contribution in [0.25, 0.3) is 0 Å². The maximum atomic E-state index is 12.7. The maximum absolute atomic E-state index is 12.7. The molecule has 0 spiro atoms. The standard InChI is InChI=1S/C23H21NO2/c1-17(25)19-13-15-21(16-14-19)24-23(26)22-10-6-5-9-20(22)12-11-18-7-3-2-4-8-18/h2-10,13-16H,11-12H2,1H3,(H,24,26). The second-order valence-electron chi connectivity index (χ2n) is 6.23. The molecule has 0 bridgehead atoms. The summed E-state index contributed by atoms with van der Waals surface area (Å²) < 4.78 is 0. The third-order valence-electron chi connectivity index (χ3n) is 4.34. The lowest BCUT2D eigenvalue weighted by atomic mass is 9.99. The Labute approximate surface area is 153 Å². The molecule has 1 amide bonds. The van der Waals surface area contributed by atoms with Crippen LogP contribution in [0.5, 0.6) is 0 Å². The summed E-state index contributed by atoms with van der Waals surface area (Å²) in [7, 11) is 0. The summed E-state index contributed by atoms with van der Waals surface area (Å²) in [6.45, 7) is 1.52. The summed E-state index contributed by atoms with van der Waals surface area (Å²) in [6, 6.07) is 24.9. The SMILES string of the molecule is CC(=O)c1ccc(NC(=O)c2ccccc2CCc2ccccc2)cc1. The number of ketones is 1. The molecule has 0 saturated heterocycles. The number of Topliss-reactive ketones (excluding diaryl/α,β-unsaturated/α-hetero) is 1. The highest BCUT2D eigenvalue weighted by Gasteiger charge is 2.11. The van der Waals surface area contributed by atoms with Crippen molar-refractivity contribution in [1.29, 1.82) is 0 Å². The lowest BCUT2D eigenvalue weighted by Crippen LogP contribution is -2.14. The van der Waals surface area contributed by atoms with Crippen LogP contribution < -0.4 is 5.32 Å². The van der Waals surface area contributed by atoms with Gasteiger partial charge >= 0.3 is 0 Å². The van der Waals surface area contributed by atoms with Crippen LogP contribution in [0, 0.1) is 0 Å². The Morgan fingerprint density at radius 1 is 0.769 bits per heavy atom. The molecule has 0 heterocycles. The molecule has 0 aliphatic rings. The van der Waals surface area contributed by atoms with Crippen molar-refractivity contribution in [2.75, 3.05) is 5.32 Å². The number of rotatable bonds is 6. The molecule has 0 aliphatic carbocycles. The first-order chi connectivity index (χ1) is 12.6. The minimum absolute atomic E-state index is 0.00846. The largest absolute Gasteiger partial charge is 0.322 e. The molecule has 0 radical (unpaired) electrons. The highest BCUT2D eigenvalue weighted by molar-refractivity contribution is 6.05. The Morgan fingerprint density at radius 2 is 1.42 bits per heavy atom. The van der Waals surface area contributed by atoms with E-state index in [9.17, 15) is 9.59 Å². The van der Waals surface area contributed by atoms with E-state index in [1.165, 1.54) is 12.5 Å². The summed E-state index contributed by atoms with van der Waals surface area (Å²) in [5, 5.41) is 2.91. The number of aryl methyl sites for hydroxylation is 2. The number of anilines is 1. The predicted octanol–water partition coefficient (Wildman–Crippen LogP) is 4.93. The van der Waals surface area contributed by atoms with E-state index < -0.39 is 0 Å². The highest BCUT2D eigenvalue weighted by Crippen LogP contribution is 2.16. The van der Waals surface area contributed by atoms with Gasteiger partial charge in [0.05, 0.1) is 0 Å². The second-order valence-corrected chi connectivity index (χ2v) is 6.23. The van der Waals surface area contributed by atoms with Gasteiger partial charge < -0.3 is 5.32 Å². The van der Waals surface area contributed by atoms with Crippen molar-refractivity contribution in [1.82, 2.24) is 0 Å². The van der Waals surface area contributed by atoms with Crippen LogP contribution in [0.15, 0.2) is 78.9 Å². The fourth-order valence-corrected chi connectivity index (χ4v) is 2.87. The van der Waals surface area contributed by atoms with E-state index in [-0.39, 0.29) is 11.7 Å². The van der Waals surface area contributed by atoms with Crippen LogP contribution in [-0.4, -0.2) is 11.7 Å². The van der Waals surface area contributed by atoms with Crippen molar-refractivity contribution in [3.05, 3.63) is 101 Å². The van der Waals surface area contributed by atoms with Gasteiger partial charge in [-0.15, -0.1) is 0 Å². The van der Waals surface area contributed by atoms with Gasteiger partial charge in [0, 0.05) is 16.8 Å². The molecule has 0 fully saturated rings. The normalized spacial score (nSPS) is 10.3. The number of carbonyl (C=O) groups is 2. The van der Waals surface area contributed by atoms with Gasteiger partial charge in [0.1, 0.15) is 0 Å². The topological polar surface area (TPSA) is 46.2 Å².